The van der Waals surface area contributed by atoms with Gasteiger partial charge in [-0.05, 0) is 45.2 Å². The number of nitrogens with zero attached hydrogens (tertiary/aromatic N) is 3. The molecule has 0 bridgehead atoms. The van der Waals surface area contributed by atoms with E-state index in [0.717, 1.165) is 0 Å². The summed E-state index contributed by atoms with van der Waals surface area (Å²) in [7, 11) is -4.03. The van der Waals surface area contributed by atoms with Crippen molar-refractivity contribution in [2.75, 3.05) is 12.3 Å². The third-order valence-electron chi connectivity index (χ3n) is 5.74. The first-order chi connectivity index (χ1) is 17.5. The molecule has 14 heteroatoms. The maximum Gasteiger partial charge on any atom is 0.459 e. The van der Waals surface area contributed by atoms with Crippen molar-refractivity contribution in [1.29, 1.82) is 0 Å². The lowest BCUT2D eigenvalue weighted by Crippen LogP contribution is -2.37. The molecule has 0 radical (unpaired) electrons. The maximum atomic E-state index is 13.7. The molecule has 37 heavy (non-hydrogen) atoms. The Balaban J connectivity index is 1.48. The maximum absolute atomic E-state index is 13.7. The van der Waals surface area contributed by atoms with Gasteiger partial charge < -0.3 is 19.7 Å². The molecule has 0 amide bonds. The van der Waals surface area contributed by atoms with Crippen molar-refractivity contribution in [3.05, 3.63) is 47.0 Å². The van der Waals surface area contributed by atoms with Crippen LogP contribution in [0.1, 0.15) is 40.3 Å². The van der Waals surface area contributed by atoms with Gasteiger partial charge in [0.1, 0.15) is 18.0 Å². The number of ether oxygens (including phenoxy) is 2. The minimum atomic E-state index is -4.03. The van der Waals surface area contributed by atoms with Gasteiger partial charge in [-0.2, -0.15) is 10.1 Å². The number of imidazole rings is 1. The number of H-pyrrole nitrogens is 1. The third-order valence-corrected chi connectivity index (χ3v) is 7.38. The summed E-state index contributed by atoms with van der Waals surface area (Å²) in [6.45, 7) is 6.83. The summed E-state index contributed by atoms with van der Waals surface area (Å²) in [6, 6.07) is 7.54. The second-order valence-electron chi connectivity index (χ2n) is 9.15. The van der Waals surface area contributed by atoms with Crippen LogP contribution in [-0.4, -0.2) is 50.3 Å². The number of benzene rings is 1. The molecule has 1 unspecified atom stereocenters. The van der Waals surface area contributed by atoms with Gasteiger partial charge in [0.25, 0.3) is 5.56 Å². The standard InChI is InChI=1S/C23H31N6O7P/c1-13(2)34-22(31)15(4)28-37(32,36-16-8-6-5-7-9-16)33-11-17-14(3)10-18(35-17)29-12-25-19-20(29)26-23(24)27-21(19)30/h5-9,12-15,17-18H,10-11H2,1-4H3,(H,28,32)(H3,24,26,27,30)/t14-,15-,17+,18+,37?/m0/s1. The number of aromatic amines is 1. The van der Waals surface area contributed by atoms with Crippen molar-refractivity contribution in [2.24, 2.45) is 5.92 Å². The number of rotatable bonds is 10. The molecule has 1 fully saturated rings. The average Bonchev–Trinajstić information content (AvgIpc) is 3.41. The van der Waals surface area contributed by atoms with Crippen LogP contribution in [0.5, 0.6) is 5.75 Å². The van der Waals surface area contributed by atoms with Crippen LogP contribution in [0.25, 0.3) is 11.2 Å². The van der Waals surface area contributed by atoms with Crippen LogP contribution in [0, 0.1) is 5.92 Å². The molecule has 5 atom stereocenters. The average molecular weight is 535 g/mol. The van der Waals surface area contributed by atoms with Gasteiger partial charge in [-0.25, -0.2) is 9.55 Å². The zero-order valence-corrected chi connectivity index (χ0v) is 21.9. The molecular formula is C23H31N6O7P. The molecule has 1 aliphatic rings. The van der Waals surface area contributed by atoms with Crippen molar-refractivity contribution < 1.29 is 27.9 Å². The molecule has 1 aliphatic heterocycles. The molecule has 0 saturated carbocycles. The van der Waals surface area contributed by atoms with Gasteiger partial charge in [-0.3, -0.25) is 23.7 Å². The summed E-state index contributed by atoms with van der Waals surface area (Å²) in [6.07, 6.45) is 0.720. The fourth-order valence-corrected chi connectivity index (χ4v) is 5.41. The Hall–Kier alpha value is -3.25. The predicted octanol–water partition coefficient (Wildman–Crippen LogP) is 2.76. The molecule has 4 rings (SSSR count). The van der Waals surface area contributed by atoms with Crippen molar-refractivity contribution in [2.45, 2.75) is 58.6 Å². The summed E-state index contributed by atoms with van der Waals surface area (Å²) in [5.74, 6) is -0.328. The normalized spacial score (nSPS) is 22.1. The monoisotopic (exact) mass is 534 g/mol. The second-order valence-corrected chi connectivity index (χ2v) is 10.8. The highest BCUT2D eigenvalue weighted by Gasteiger charge is 2.38. The number of nitrogens with one attached hydrogen (secondary N) is 2. The third kappa shape index (κ3) is 6.37. The molecule has 13 nitrogen and oxygen atoms in total. The highest BCUT2D eigenvalue weighted by Crippen LogP contribution is 2.46. The quantitative estimate of drug-likeness (QED) is 0.258. The molecule has 0 spiro atoms. The highest BCUT2D eigenvalue weighted by molar-refractivity contribution is 7.52. The number of para-hydroxylation sites is 1. The van der Waals surface area contributed by atoms with Gasteiger partial charge in [-0.1, -0.05) is 25.1 Å². The summed E-state index contributed by atoms with van der Waals surface area (Å²) < 4.78 is 38.2. The number of fused-ring (bicyclic) bond motifs is 1. The predicted molar refractivity (Wildman–Crippen MR) is 135 cm³/mol. The molecule has 1 saturated heterocycles. The number of carbonyl (C=O) groups excluding carboxylic acids is 1. The van der Waals surface area contributed by atoms with Crippen LogP contribution >= 0.6 is 7.75 Å². The Morgan fingerprint density at radius 3 is 2.76 bits per heavy atom. The largest absolute Gasteiger partial charge is 0.462 e. The Bertz CT molecular complexity index is 1340. The first-order valence-electron chi connectivity index (χ1n) is 11.9. The zero-order chi connectivity index (χ0) is 26.7. The van der Waals surface area contributed by atoms with Gasteiger partial charge in [0.05, 0.1) is 25.1 Å². The van der Waals surface area contributed by atoms with Crippen molar-refractivity contribution >= 4 is 30.8 Å². The summed E-state index contributed by atoms with van der Waals surface area (Å²) >= 11 is 0. The number of aromatic nitrogens is 4. The minimum Gasteiger partial charge on any atom is -0.462 e. The lowest BCUT2D eigenvalue weighted by molar-refractivity contribution is -0.149. The van der Waals surface area contributed by atoms with Gasteiger partial charge in [0, 0.05) is 0 Å². The number of hydrogen-bond acceptors (Lipinski definition) is 10. The van der Waals surface area contributed by atoms with Gasteiger partial charge in [-0.15, -0.1) is 0 Å². The molecule has 1 aromatic carbocycles. The summed E-state index contributed by atoms with van der Waals surface area (Å²) in [4.78, 5) is 35.2. The Kier molecular flexibility index (Phi) is 7.98. The van der Waals surface area contributed by atoms with E-state index >= 15 is 0 Å². The van der Waals surface area contributed by atoms with Crippen LogP contribution < -0.4 is 20.9 Å². The minimum absolute atomic E-state index is 0.0182. The summed E-state index contributed by atoms with van der Waals surface area (Å²) in [5.41, 5.74) is 5.71. The van der Waals surface area contributed by atoms with Crippen molar-refractivity contribution in [1.82, 2.24) is 24.6 Å². The van der Waals surface area contributed by atoms with Crippen molar-refractivity contribution in [3.8, 4) is 5.75 Å². The smallest absolute Gasteiger partial charge is 0.459 e. The number of esters is 1. The Labute approximate surface area is 213 Å². The first-order valence-corrected chi connectivity index (χ1v) is 13.4. The number of nitrogens with two attached hydrogens (primary N) is 1. The van der Waals surface area contributed by atoms with Crippen molar-refractivity contribution in [3.63, 3.8) is 0 Å². The van der Waals surface area contributed by atoms with E-state index in [1.54, 1.807) is 48.7 Å². The Morgan fingerprint density at radius 1 is 1.32 bits per heavy atom. The zero-order valence-electron chi connectivity index (χ0n) is 21.0. The van der Waals surface area contributed by atoms with Crippen LogP contribution in [0.4, 0.5) is 5.95 Å². The van der Waals surface area contributed by atoms with Crippen LogP contribution in [0.15, 0.2) is 41.5 Å². The van der Waals surface area contributed by atoms with E-state index in [1.165, 1.54) is 13.3 Å². The number of nitrogen functional groups attached to an aromatic ring is 1. The fourth-order valence-electron chi connectivity index (χ4n) is 3.90. The number of hydrogen-bond donors (Lipinski definition) is 3. The lowest BCUT2D eigenvalue weighted by Gasteiger charge is -2.25. The van der Waals surface area contributed by atoms with E-state index in [0.29, 0.717) is 17.8 Å². The molecule has 4 N–H and O–H groups in total. The first kappa shape index (κ1) is 26.8. The molecule has 2 aromatic heterocycles. The molecule has 3 heterocycles. The van der Waals surface area contributed by atoms with Gasteiger partial charge in [0.2, 0.25) is 5.95 Å². The Morgan fingerprint density at radius 2 is 2.05 bits per heavy atom. The van der Waals surface area contributed by atoms with E-state index < -0.39 is 37.6 Å². The second kappa shape index (κ2) is 11.0. The molecular weight excluding hydrogens is 503 g/mol. The molecule has 3 aromatic rings. The van der Waals surface area contributed by atoms with Gasteiger partial charge in [0.15, 0.2) is 11.2 Å². The van der Waals surface area contributed by atoms with E-state index in [4.69, 9.17) is 24.3 Å². The number of carbonyl (C=O) groups is 1. The number of anilines is 1. The van der Waals surface area contributed by atoms with Gasteiger partial charge >= 0.3 is 13.7 Å². The van der Waals surface area contributed by atoms with E-state index in [-0.39, 0.29) is 30.1 Å². The van der Waals surface area contributed by atoms with E-state index in [2.05, 4.69) is 20.0 Å². The van der Waals surface area contributed by atoms with Crippen LogP contribution in [0.2, 0.25) is 0 Å². The van der Waals surface area contributed by atoms with Crippen LogP contribution in [-0.2, 0) is 23.4 Å². The van der Waals surface area contributed by atoms with E-state index in [1.807, 2.05) is 6.92 Å². The topological polar surface area (TPSA) is 173 Å². The summed E-state index contributed by atoms with van der Waals surface area (Å²) in [5, 5.41) is 2.66. The van der Waals surface area contributed by atoms with Crippen LogP contribution in [0.3, 0.4) is 0 Å². The lowest BCUT2D eigenvalue weighted by atomic mass is 10.0. The molecule has 0 aliphatic carbocycles. The van der Waals surface area contributed by atoms with E-state index in [9.17, 15) is 14.2 Å². The fraction of sp³-hybridized carbons (Fsp3) is 0.478. The highest BCUT2D eigenvalue weighted by atomic mass is 31.2. The molecule has 200 valence electrons. The SMILES string of the molecule is CC(C)OC(=O)[C@H](C)NP(=O)(OC[C@H]1O[C@@H](n2cnc3c(=O)[nH]c(N)nc32)C[C@@H]1C)Oc1ccccc1.